The Balaban J connectivity index is 1.69. The lowest BCUT2D eigenvalue weighted by molar-refractivity contribution is -0.384. The smallest absolute Gasteiger partial charge is 0.405 e. The van der Waals surface area contributed by atoms with E-state index in [1.807, 2.05) is 19.9 Å². The number of nitriles is 1. The number of nitrogens with one attached hydrogen (secondary N) is 1. The summed E-state index contributed by atoms with van der Waals surface area (Å²) in [6, 6.07) is 19.2. The summed E-state index contributed by atoms with van der Waals surface area (Å²) in [5.74, 6) is 0.00429. The van der Waals surface area contributed by atoms with E-state index in [4.69, 9.17) is 5.11 Å². The number of amides is 2. The van der Waals surface area contributed by atoms with E-state index in [0.717, 1.165) is 17.5 Å². The minimum atomic E-state index is -1.07. The summed E-state index contributed by atoms with van der Waals surface area (Å²) in [5, 5.41) is 32.7. The number of likely N-dealkylation sites (tertiary alicyclic amines) is 1. The average molecular weight is 527 g/mol. The SMILES string of the molecule is Cc1ccc(-c2ccc(C(=O)N3CC[C@@H](CC(C)(C)NC(=O)O)C3)cc2-c2ccc(C#N)cc2)c([N+](=O)[O-])c1. The molecular weight excluding hydrogens is 496 g/mol. The van der Waals surface area contributed by atoms with Gasteiger partial charge in [0, 0.05) is 30.3 Å². The minimum Gasteiger partial charge on any atom is -0.465 e. The molecule has 0 aliphatic carbocycles. The van der Waals surface area contributed by atoms with Gasteiger partial charge in [0.25, 0.3) is 11.6 Å². The lowest BCUT2D eigenvalue weighted by Gasteiger charge is -2.28. The topological polar surface area (TPSA) is 137 Å². The molecule has 0 bridgehead atoms. The zero-order chi connectivity index (χ0) is 28.3. The van der Waals surface area contributed by atoms with Crippen LogP contribution in [0.3, 0.4) is 0 Å². The molecule has 2 amide bonds. The molecule has 1 atom stereocenters. The van der Waals surface area contributed by atoms with Crippen LogP contribution in [-0.4, -0.2) is 45.6 Å². The van der Waals surface area contributed by atoms with Crippen molar-refractivity contribution < 1.29 is 19.6 Å². The van der Waals surface area contributed by atoms with Gasteiger partial charge in [0.15, 0.2) is 0 Å². The van der Waals surface area contributed by atoms with Crippen molar-refractivity contribution in [2.24, 2.45) is 5.92 Å². The Morgan fingerprint density at radius 1 is 1.10 bits per heavy atom. The third kappa shape index (κ3) is 6.24. The van der Waals surface area contributed by atoms with Gasteiger partial charge in [-0.2, -0.15) is 5.26 Å². The number of aryl methyl sites for hydroxylation is 1. The molecule has 0 unspecified atom stereocenters. The van der Waals surface area contributed by atoms with E-state index in [-0.39, 0.29) is 17.5 Å². The first-order valence-corrected chi connectivity index (χ1v) is 12.7. The maximum absolute atomic E-state index is 13.6. The van der Waals surface area contributed by atoms with Crippen LogP contribution in [0.4, 0.5) is 10.5 Å². The number of nitrogens with zero attached hydrogens (tertiary/aromatic N) is 3. The lowest BCUT2D eigenvalue weighted by atomic mass is 9.90. The molecule has 4 rings (SSSR count). The van der Waals surface area contributed by atoms with Crippen LogP contribution in [0, 0.1) is 34.3 Å². The highest BCUT2D eigenvalue weighted by atomic mass is 16.6. The van der Waals surface area contributed by atoms with Gasteiger partial charge in [-0.15, -0.1) is 0 Å². The summed E-state index contributed by atoms with van der Waals surface area (Å²) in [6.07, 6.45) is 0.303. The standard InChI is InChI=1S/C30H30N4O5/c1-19-4-10-25(27(14-19)34(38)39)24-11-9-23(15-26(24)22-7-5-20(17-31)6-8-22)28(35)33-13-12-21(18-33)16-30(2,3)32-29(36)37/h4-11,14-15,21,32H,12-13,16,18H2,1-3H3,(H,36,37)/t21-/m0/s1. The van der Waals surface area contributed by atoms with Gasteiger partial charge >= 0.3 is 6.09 Å². The van der Waals surface area contributed by atoms with Crippen LogP contribution in [0.5, 0.6) is 0 Å². The van der Waals surface area contributed by atoms with Gasteiger partial charge in [-0.3, -0.25) is 14.9 Å². The third-order valence-electron chi connectivity index (χ3n) is 7.05. The van der Waals surface area contributed by atoms with Gasteiger partial charge in [0.1, 0.15) is 0 Å². The summed E-state index contributed by atoms with van der Waals surface area (Å²) >= 11 is 0. The molecule has 1 fully saturated rings. The molecule has 1 heterocycles. The number of carboxylic acid groups (broad SMARTS) is 1. The molecule has 3 aromatic carbocycles. The Labute approximate surface area is 226 Å². The second-order valence-corrected chi connectivity index (χ2v) is 10.7. The van der Waals surface area contributed by atoms with Crippen molar-refractivity contribution in [1.29, 1.82) is 5.26 Å². The molecule has 9 heteroatoms. The quantitative estimate of drug-likeness (QED) is 0.286. The summed E-state index contributed by atoms with van der Waals surface area (Å²) in [4.78, 5) is 37.9. The monoisotopic (exact) mass is 526 g/mol. The van der Waals surface area contributed by atoms with Crippen molar-refractivity contribution in [3.05, 3.63) is 87.5 Å². The van der Waals surface area contributed by atoms with Crippen LogP contribution < -0.4 is 5.32 Å². The highest BCUT2D eigenvalue weighted by Crippen LogP contribution is 2.39. The maximum atomic E-state index is 13.6. The summed E-state index contributed by atoms with van der Waals surface area (Å²) in [7, 11) is 0. The van der Waals surface area contributed by atoms with Crippen molar-refractivity contribution in [2.45, 2.75) is 39.2 Å². The van der Waals surface area contributed by atoms with Crippen molar-refractivity contribution in [2.75, 3.05) is 13.1 Å². The second kappa shape index (κ2) is 11.0. The molecule has 200 valence electrons. The fraction of sp³-hybridized carbons (Fsp3) is 0.300. The number of rotatable bonds is 7. The Kier molecular flexibility index (Phi) is 7.68. The van der Waals surface area contributed by atoms with Crippen LogP contribution in [0.1, 0.15) is 48.2 Å². The van der Waals surface area contributed by atoms with E-state index >= 15 is 0 Å². The molecule has 9 nitrogen and oxygen atoms in total. The Morgan fingerprint density at radius 2 is 1.79 bits per heavy atom. The highest BCUT2D eigenvalue weighted by Gasteiger charge is 2.32. The Hall–Kier alpha value is -4.71. The fourth-order valence-corrected chi connectivity index (χ4v) is 5.32. The zero-order valence-corrected chi connectivity index (χ0v) is 22.1. The number of benzene rings is 3. The van der Waals surface area contributed by atoms with Gasteiger partial charge in [0.2, 0.25) is 0 Å². The van der Waals surface area contributed by atoms with Crippen LogP contribution >= 0.6 is 0 Å². The minimum absolute atomic E-state index is 0.0241. The number of carbonyl (C=O) groups excluding carboxylic acids is 1. The predicted octanol–water partition coefficient (Wildman–Crippen LogP) is 6.01. The van der Waals surface area contributed by atoms with Crippen LogP contribution in [0.15, 0.2) is 60.7 Å². The number of hydrogen-bond acceptors (Lipinski definition) is 5. The van der Waals surface area contributed by atoms with Crippen molar-refractivity contribution in [3.63, 3.8) is 0 Å². The van der Waals surface area contributed by atoms with Gasteiger partial charge in [-0.25, -0.2) is 4.79 Å². The van der Waals surface area contributed by atoms with E-state index < -0.39 is 16.6 Å². The first-order chi connectivity index (χ1) is 18.5. The predicted molar refractivity (Wildman–Crippen MR) is 147 cm³/mol. The maximum Gasteiger partial charge on any atom is 0.405 e. The molecule has 0 spiro atoms. The second-order valence-electron chi connectivity index (χ2n) is 10.7. The number of nitro benzene ring substituents is 1. The normalized spacial score (nSPS) is 15.0. The van der Waals surface area contributed by atoms with Gasteiger partial charge < -0.3 is 15.3 Å². The largest absolute Gasteiger partial charge is 0.465 e. The van der Waals surface area contributed by atoms with Crippen LogP contribution in [0.25, 0.3) is 22.3 Å². The number of hydrogen-bond donors (Lipinski definition) is 2. The van der Waals surface area contributed by atoms with Gasteiger partial charge in [-0.1, -0.05) is 24.3 Å². The summed E-state index contributed by atoms with van der Waals surface area (Å²) in [5.41, 5.74) is 3.51. The first kappa shape index (κ1) is 27.3. The van der Waals surface area contributed by atoms with E-state index in [0.29, 0.717) is 47.3 Å². The van der Waals surface area contributed by atoms with E-state index in [1.54, 1.807) is 60.4 Å². The molecule has 1 aliphatic rings. The van der Waals surface area contributed by atoms with E-state index in [1.165, 1.54) is 6.07 Å². The highest BCUT2D eigenvalue weighted by molar-refractivity contribution is 5.98. The fourth-order valence-electron chi connectivity index (χ4n) is 5.32. The van der Waals surface area contributed by atoms with Crippen molar-refractivity contribution in [3.8, 4) is 28.3 Å². The van der Waals surface area contributed by atoms with Crippen LogP contribution in [0.2, 0.25) is 0 Å². The molecule has 3 aromatic rings. The zero-order valence-electron chi connectivity index (χ0n) is 22.1. The van der Waals surface area contributed by atoms with Crippen LogP contribution in [-0.2, 0) is 0 Å². The first-order valence-electron chi connectivity index (χ1n) is 12.7. The molecular formula is C30H30N4O5. The average Bonchev–Trinajstić information content (AvgIpc) is 3.34. The Bertz CT molecular complexity index is 1470. The number of carbonyl (C=O) groups is 2. The summed E-state index contributed by atoms with van der Waals surface area (Å²) < 4.78 is 0. The molecule has 0 radical (unpaired) electrons. The van der Waals surface area contributed by atoms with E-state index in [2.05, 4.69) is 11.4 Å². The molecule has 0 aromatic heterocycles. The van der Waals surface area contributed by atoms with Gasteiger partial charge in [0.05, 0.1) is 22.1 Å². The molecule has 1 saturated heterocycles. The van der Waals surface area contributed by atoms with Crippen molar-refractivity contribution >= 4 is 17.7 Å². The lowest BCUT2D eigenvalue weighted by Crippen LogP contribution is -2.44. The Morgan fingerprint density at radius 3 is 2.44 bits per heavy atom. The number of nitro groups is 1. The van der Waals surface area contributed by atoms with E-state index in [9.17, 15) is 25.0 Å². The van der Waals surface area contributed by atoms with Gasteiger partial charge in [-0.05, 0) is 92.1 Å². The molecule has 0 saturated carbocycles. The molecule has 2 N–H and O–H groups in total. The molecule has 1 aliphatic heterocycles. The third-order valence-corrected chi connectivity index (χ3v) is 7.05. The summed E-state index contributed by atoms with van der Waals surface area (Å²) in [6.45, 7) is 6.53. The molecule has 39 heavy (non-hydrogen) atoms. The van der Waals surface area contributed by atoms with Crippen molar-refractivity contribution in [1.82, 2.24) is 10.2 Å².